The molecule has 0 spiro atoms. The van der Waals surface area contributed by atoms with Gasteiger partial charge in [-0.25, -0.2) is 4.79 Å². The number of rotatable bonds is 4. The molecule has 0 atom stereocenters. The number of benzene rings is 1. The molecule has 0 bridgehead atoms. The smallest absolute Gasteiger partial charge is 0.332 e. The molecule has 0 aliphatic rings. The fraction of sp³-hybridized carbons (Fsp3) is 0.0909. The van der Waals surface area contributed by atoms with Crippen molar-refractivity contribution < 1.29 is 14.8 Å². The first-order valence-electron chi connectivity index (χ1n) is 4.81. The van der Waals surface area contributed by atoms with Crippen molar-refractivity contribution in [1.29, 1.82) is 5.26 Å². The Morgan fingerprint density at radius 2 is 2.26 bits per heavy atom. The number of carbonyl (C=O) groups is 1. The van der Waals surface area contributed by atoms with Crippen molar-refractivity contribution >= 4 is 56.3 Å². The fourth-order valence-electron chi connectivity index (χ4n) is 1.31. The molecule has 0 amide bonds. The van der Waals surface area contributed by atoms with Gasteiger partial charge in [0.2, 0.25) is 0 Å². The van der Waals surface area contributed by atoms with E-state index in [1.807, 2.05) is 22.6 Å². The Morgan fingerprint density at radius 1 is 1.63 bits per heavy atom. The summed E-state index contributed by atoms with van der Waals surface area (Å²) < 4.78 is 1.05. The van der Waals surface area contributed by atoms with Crippen molar-refractivity contribution in [2.75, 3.05) is 0 Å². The number of hydrogen-bond acceptors (Lipinski definition) is 4. The molecule has 0 aliphatic carbocycles. The van der Waals surface area contributed by atoms with Crippen LogP contribution in [0.4, 0.5) is 5.69 Å². The zero-order valence-corrected chi connectivity index (χ0v) is 13.0. The third kappa shape index (κ3) is 4.00. The van der Waals surface area contributed by atoms with E-state index in [-0.39, 0.29) is 23.2 Å². The van der Waals surface area contributed by atoms with E-state index in [0.29, 0.717) is 8.04 Å². The van der Waals surface area contributed by atoms with Gasteiger partial charge in [0.05, 0.1) is 28.5 Å². The SMILES string of the molecule is N#CCC(=Cc1c(I)cc(Br)cc1[N+](=O)[O-])C(=O)O. The summed E-state index contributed by atoms with van der Waals surface area (Å²) in [4.78, 5) is 21.3. The van der Waals surface area contributed by atoms with Crippen molar-refractivity contribution in [1.82, 2.24) is 0 Å². The predicted molar refractivity (Wildman–Crippen MR) is 79.4 cm³/mol. The maximum absolute atomic E-state index is 11.0. The third-order valence-electron chi connectivity index (χ3n) is 2.13. The number of nitriles is 1. The highest BCUT2D eigenvalue weighted by atomic mass is 127. The molecule has 0 aromatic heterocycles. The van der Waals surface area contributed by atoms with Crippen molar-refractivity contribution in [3.05, 3.63) is 41.4 Å². The van der Waals surface area contributed by atoms with Crippen molar-refractivity contribution in [3.63, 3.8) is 0 Å². The van der Waals surface area contributed by atoms with Crippen LogP contribution in [0.5, 0.6) is 0 Å². The summed E-state index contributed by atoms with van der Waals surface area (Å²) >= 11 is 5.02. The lowest BCUT2D eigenvalue weighted by Gasteiger charge is -2.04. The van der Waals surface area contributed by atoms with Crippen LogP contribution in [-0.2, 0) is 4.79 Å². The molecular formula is C11H6BrIN2O4. The maximum Gasteiger partial charge on any atom is 0.332 e. The van der Waals surface area contributed by atoms with E-state index in [9.17, 15) is 14.9 Å². The maximum atomic E-state index is 11.0. The van der Waals surface area contributed by atoms with E-state index >= 15 is 0 Å². The Kier molecular flexibility index (Phi) is 5.44. The van der Waals surface area contributed by atoms with Crippen LogP contribution in [0.3, 0.4) is 0 Å². The van der Waals surface area contributed by atoms with E-state index < -0.39 is 10.9 Å². The zero-order valence-electron chi connectivity index (χ0n) is 9.26. The summed E-state index contributed by atoms with van der Waals surface area (Å²) in [5, 5.41) is 28.5. The van der Waals surface area contributed by atoms with Gasteiger partial charge in [0, 0.05) is 14.1 Å². The number of hydrogen-bond donors (Lipinski definition) is 1. The molecule has 0 aliphatic heterocycles. The first-order valence-corrected chi connectivity index (χ1v) is 6.68. The van der Waals surface area contributed by atoms with E-state index in [1.54, 1.807) is 12.1 Å². The number of halogens is 2. The largest absolute Gasteiger partial charge is 0.478 e. The first-order chi connectivity index (χ1) is 8.86. The van der Waals surface area contributed by atoms with Crippen molar-refractivity contribution in [2.24, 2.45) is 0 Å². The second kappa shape index (κ2) is 6.63. The van der Waals surface area contributed by atoms with E-state index in [4.69, 9.17) is 10.4 Å². The number of nitrogens with zero attached hydrogens (tertiary/aromatic N) is 2. The van der Waals surface area contributed by atoms with Gasteiger partial charge in [-0.1, -0.05) is 15.9 Å². The van der Waals surface area contributed by atoms with E-state index in [1.165, 1.54) is 6.07 Å². The summed E-state index contributed by atoms with van der Waals surface area (Å²) in [7, 11) is 0. The van der Waals surface area contributed by atoms with Gasteiger partial charge < -0.3 is 5.11 Å². The van der Waals surface area contributed by atoms with Gasteiger partial charge in [0.1, 0.15) is 0 Å². The Bertz CT molecular complexity index is 622. The van der Waals surface area contributed by atoms with E-state index in [2.05, 4.69) is 15.9 Å². The molecule has 1 N–H and O–H groups in total. The zero-order chi connectivity index (χ0) is 14.6. The van der Waals surface area contributed by atoms with Crippen LogP contribution in [0.2, 0.25) is 0 Å². The van der Waals surface area contributed by atoms with Crippen LogP contribution in [0.25, 0.3) is 6.08 Å². The first kappa shape index (κ1) is 15.6. The molecule has 1 rings (SSSR count). The number of nitro benzene ring substituents is 1. The minimum absolute atomic E-state index is 0.182. The molecule has 0 saturated heterocycles. The van der Waals surface area contributed by atoms with Crippen LogP contribution < -0.4 is 0 Å². The lowest BCUT2D eigenvalue weighted by atomic mass is 10.1. The Morgan fingerprint density at radius 3 is 2.74 bits per heavy atom. The Hall–Kier alpha value is -1.47. The molecule has 98 valence electrons. The molecule has 0 saturated carbocycles. The van der Waals surface area contributed by atoms with Crippen LogP contribution in [0, 0.1) is 25.0 Å². The Labute approximate surface area is 130 Å². The average Bonchev–Trinajstić information content (AvgIpc) is 2.30. The van der Waals surface area contributed by atoms with Crippen molar-refractivity contribution in [2.45, 2.75) is 6.42 Å². The number of aliphatic carboxylic acids is 1. The second-order valence-corrected chi connectivity index (χ2v) is 5.47. The molecule has 0 fully saturated rings. The van der Waals surface area contributed by atoms with Crippen LogP contribution in [0.15, 0.2) is 22.2 Å². The van der Waals surface area contributed by atoms with Gasteiger partial charge >= 0.3 is 5.97 Å². The highest BCUT2D eigenvalue weighted by Crippen LogP contribution is 2.30. The summed E-state index contributed by atoms with van der Waals surface area (Å²) in [5.41, 5.74) is -0.220. The summed E-state index contributed by atoms with van der Waals surface area (Å²) in [6.45, 7) is 0. The number of carboxylic acids is 1. The molecule has 0 unspecified atom stereocenters. The number of nitro groups is 1. The Balaban J connectivity index is 3.49. The van der Waals surface area contributed by atoms with Gasteiger partial charge in [-0.05, 0) is 34.7 Å². The molecule has 6 nitrogen and oxygen atoms in total. The summed E-state index contributed by atoms with van der Waals surface area (Å²) in [5.74, 6) is -1.27. The standard InChI is InChI=1S/C11H6BrIN2O4/c12-7-4-9(13)8(10(5-7)15(18)19)3-6(1-2-14)11(16)17/h3-5H,1H2,(H,16,17). The lowest BCUT2D eigenvalue weighted by Crippen LogP contribution is -2.01. The monoisotopic (exact) mass is 436 g/mol. The molecular weight excluding hydrogens is 431 g/mol. The molecule has 8 heteroatoms. The van der Waals surface area contributed by atoms with Crippen molar-refractivity contribution in [3.8, 4) is 6.07 Å². The average molecular weight is 437 g/mol. The second-order valence-electron chi connectivity index (χ2n) is 3.39. The molecule has 0 radical (unpaired) electrons. The summed E-state index contributed by atoms with van der Waals surface area (Å²) in [6.07, 6.45) is 0.844. The fourth-order valence-corrected chi connectivity index (χ4v) is 2.95. The molecule has 0 heterocycles. The van der Waals surface area contributed by atoms with Gasteiger partial charge in [0.15, 0.2) is 0 Å². The summed E-state index contributed by atoms with van der Waals surface area (Å²) in [6, 6.07) is 4.64. The van der Waals surface area contributed by atoms with Crippen LogP contribution in [0.1, 0.15) is 12.0 Å². The van der Waals surface area contributed by atoms with Gasteiger partial charge in [-0.15, -0.1) is 0 Å². The minimum Gasteiger partial charge on any atom is -0.478 e. The topological polar surface area (TPSA) is 104 Å². The van der Waals surface area contributed by atoms with E-state index in [0.717, 1.165) is 6.08 Å². The van der Waals surface area contributed by atoms with Gasteiger partial charge in [-0.2, -0.15) is 5.26 Å². The number of carboxylic acid groups (broad SMARTS) is 1. The minimum atomic E-state index is -1.27. The highest BCUT2D eigenvalue weighted by molar-refractivity contribution is 14.1. The van der Waals surface area contributed by atoms with Gasteiger partial charge in [-0.3, -0.25) is 10.1 Å². The highest BCUT2D eigenvalue weighted by Gasteiger charge is 2.18. The lowest BCUT2D eigenvalue weighted by molar-refractivity contribution is -0.385. The molecule has 1 aromatic rings. The predicted octanol–water partition coefficient (Wildman–Crippen LogP) is 3.34. The van der Waals surface area contributed by atoms with Crippen LogP contribution >= 0.6 is 38.5 Å². The van der Waals surface area contributed by atoms with Gasteiger partial charge in [0.25, 0.3) is 5.69 Å². The quantitative estimate of drug-likeness (QED) is 0.337. The third-order valence-corrected chi connectivity index (χ3v) is 3.48. The van der Waals surface area contributed by atoms with Crippen LogP contribution in [-0.4, -0.2) is 16.0 Å². The molecule has 1 aromatic carbocycles. The molecule has 19 heavy (non-hydrogen) atoms. The normalized spacial score (nSPS) is 10.9.